The summed E-state index contributed by atoms with van der Waals surface area (Å²) in [6, 6.07) is 0.620. The number of nitrogen functional groups attached to an aromatic ring is 1. The number of nitrogens with two attached hydrogens (primary N) is 1. The van der Waals surface area contributed by atoms with Crippen LogP contribution in [-0.4, -0.2) is 47.1 Å². The van der Waals surface area contributed by atoms with Crippen LogP contribution in [0.5, 0.6) is 0 Å². The van der Waals surface area contributed by atoms with E-state index in [1.54, 1.807) is 12.4 Å². The Balaban J connectivity index is 1.99. The van der Waals surface area contributed by atoms with E-state index in [9.17, 15) is 0 Å². The van der Waals surface area contributed by atoms with E-state index in [0.29, 0.717) is 11.9 Å². The van der Waals surface area contributed by atoms with Gasteiger partial charge in [-0.15, -0.1) is 0 Å². The van der Waals surface area contributed by atoms with Crippen LogP contribution in [0.4, 0.5) is 11.6 Å². The predicted molar refractivity (Wildman–Crippen MR) is 65.4 cm³/mol. The molecular formula is C11H19N5. The molecule has 0 amide bonds. The first-order chi connectivity index (χ1) is 7.66. The van der Waals surface area contributed by atoms with Crippen molar-refractivity contribution in [2.75, 3.05) is 36.8 Å². The minimum atomic E-state index is 0.490. The molecule has 2 rings (SSSR count). The van der Waals surface area contributed by atoms with E-state index >= 15 is 0 Å². The maximum atomic E-state index is 5.63. The fourth-order valence-corrected chi connectivity index (χ4v) is 1.99. The van der Waals surface area contributed by atoms with Gasteiger partial charge in [0.25, 0.3) is 0 Å². The number of nitrogens with zero attached hydrogens (tertiary/aromatic N) is 4. The van der Waals surface area contributed by atoms with E-state index in [2.05, 4.69) is 33.6 Å². The highest BCUT2D eigenvalue weighted by Crippen LogP contribution is 2.14. The maximum Gasteiger partial charge on any atom is 0.149 e. The van der Waals surface area contributed by atoms with Gasteiger partial charge >= 0.3 is 0 Å². The zero-order valence-electron chi connectivity index (χ0n) is 9.93. The van der Waals surface area contributed by atoms with Crippen LogP contribution in [0.1, 0.15) is 13.8 Å². The number of piperazine rings is 1. The number of anilines is 2. The lowest BCUT2D eigenvalue weighted by Gasteiger charge is -2.37. The van der Waals surface area contributed by atoms with Gasteiger partial charge in [-0.1, -0.05) is 0 Å². The van der Waals surface area contributed by atoms with Gasteiger partial charge in [-0.05, 0) is 13.8 Å². The zero-order chi connectivity index (χ0) is 11.5. The molecule has 0 unspecified atom stereocenters. The van der Waals surface area contributed by atoms with Gasteiger partial charge < -0.3 is 10.6 Å². The largest absolute Gasteiger partial charge is 0.382 e. The van der Waals surface area contributed by atoms with Crippen molar-refractivity contribution in [2.45, 2.75) is 19.9 Å². The highest BCUT2D eigenvalue weighted by Gasteiger charge is 2.19. The molecule has 1 saturated heterocycles. The number of hydrogen-bond acceptors (Lipinski definition) is 5. The van der Waals surface area contributed by atoms with Crippen LogP contribution in [0, 0.1) is 0 Å². The van der Waals surface area contributed by atoms with Crippen molar-refractivity contribution >= 4 is 11.6 Å². The fraction of sp³-hybridized carbons (Fsp3) is 0.636. The lowest BCUT2D eigenvalue weighted by molar-refractivity contribution is 0.209. The third kappa shape index (κ3) is 2.41. The van der Waals surface area contributed by atoms with Crippen molar-refractivity contribution in [3.63, 3.8) is 0 Å². The van der Waals surface area contributed by atoms with Crippen LogP contribution in [0.3, 0.4) is 0 Å². The molecule has 5 nitrogen and oxygen atoms in total. The monoisotopic (exact) mass is 221 g/mol. The molecule has 0 spiro atoms. The molecule has 1 aromatic rings. The lowest BCUT2D eigenvalue weighted by Crippen LogP contribution is -2.49. The number of aromatic nitrogens is 2. The first-order valence-corrected chi connectivity index (χ1v) is 5.73. The van der Waals surface area contributed by atoms with Gasteiger partial charge in [0.1, 0.15) is 11.6 Å². The average molecular weight is 221 g/mol. The summed E-state index contributed by atoms with van der Waals surface area (Å²) >= 11 is 0. The normalized spacial score (nSPS) is 18.1. The van der Waals surface area contributed by atoms with Crippen LogP contribution in [0.15, 0.2) is 12.4 Å². The van der Waals surface area contributed by atoms with Crippen LogP contribution < -0.4 is 10.6 Å². The molecule has 0 aliphatic carbocycles. The fourth-order valence-electron chi connectivity index (χ4n) is 1.99. The summed E-state index contributed by atoms with van der Waals surface area (Å²) in [4.78, 5) is 13.1. The van der Waals surface area contributed by atoms with Crippen LogP contribution in [-0.2, 0) is 0 Å². The van der Waals surface area contributed by atoms with E-state index < -0.39 is 0 Å². The second-order valence-electron chi connectivity index (χ2n) is 4.42. The van der Waals surface area contributed by atoms with E-state index in [1.807, 2.05) is 0 Å². The second kappa shape index (κ2) is 4.65. The van der Waals surface area contributed by atoms with Crippen molar-refractivity contribution < 1.29 is 0 Å². The van der Waals surface area contributed by atoms with Gasteiger partial charge in [-0.25, -0.2) is 4.98 Å². The van der Waals surface area contributed by atoms with Crippen molar-refractivity contribution in [3.8, 4) is 0 Å². The highest BCUT2D eigenvalue weighted by molar-refractivity contribution is 5.41. The molecule has 0 atom stereocenters. The van der Waals surface area contributed by atoms with Crippen LogP contribution in [0.2, 0.25) is 0 Å². The Bertz CT molecular complexity index is 344. The van der Waals surface area contributed by atoms with Crippen LogP contribution in [0.25, 0.3) is 0 Å². The van der Waals surface area contributed by atoms with Gasteiger partial charge in [0.05, 0.1) is 12.4 Å². The second-order valence-corrected chi connectivity index (χ2v) is 4.42. The van der Waals surface area contributed by atoms with E-state index in [0.717, 1.165) is 32.0 Å². The van der Waals surface area contributed by atoms with Crippen molar-refractivity contribution in [1.82, 2.24) is 14.9 Å². The molecule has 88 valence electrons. The quantitative estimate of drug-likeness (QED) is 0.792. The Morgan fingerprint density at radius 2 is 1.88 bits per heavy atom. The summed E-state index contributed by atoms with van der Waals surface area (Å²) in [5, 5.41) is 0. The molecule has 16 heavy (non-hydrogen) atoms. The first-order valence-electron chi connectivity index (χ1n) is 5.73. The summed E-state index contributed by atoms with van der Waals surface area (Å²) in [6.07, 6.45) is 3.36. The minimum Gasteiger partial charge on any atom is -0.382 e. The predicted octanol–water partition coefficient (Wildman–Crippen LogP) is 0.589. The van der Waals surface area contributed by atoms with Crippen LogP contribution >= 0.6 is 0 Å². The standard InChI is InChI=1S/C11H19N5/c1-9(2)15-3-5-16(6-4-15)11-8-13-7-10(12)14-11/h7-9H,3-6H2,1-2H3,(H2,12,14). The van der Waals surface area contributed by atoms with E-state index in [1.165, 1.54) is 0 Å². The van der Waals surface area contributed by atoms with E-state index in [-0.39, 0.29) is 0 Å². The highest BCUT2D eigenvalue weighted by atomic mass is 15.3. The Morgan fingerprint density at radius 3 is 2.44 bits per heavy atom. The number of hydrogen-bond donors (Lipinski definition) is 1. The smallest absolute Gasteiger partial charge is 0.149 e. The summed E-state index contributed by atoms with van der Waals surface area (Å²) < 4.78 is 0. The van der Waals surface area contributed by atoms with Crippen molar-refractivity contribution in [3.05, 3.63) is 12.4 Å². The molecule has 0 radical (unpaired) electrons. The number of rotatable bonds is 2. The first kappa shape index (κ1) is 11.1. The van der Waals surface area contributed by atoms with Gasteiger partial charge in [0, 0.05) is 32.2 Å². The Labute approximate surface area is 96.3 Å². The molecule has 0 aromatic carbocycles. The topological polar surface area (TPSA) is 58.3 Å². The summed E-state index contributed by atoms with van der Waals surface area (Å²) in [5.41, 5.74) is 5.63. The third-order valence-corrected chi connectivity index (χ3v) is 3.01. The molecule has 1 fully saturated rings. The van der Waals surface area contributed by atoms with Gasteiger partial charge in [-0.2, -0.15) is 0 Å². The summed E-state index contributed by atoms with van der Waals surface area (Å²) in [7, 11) is 0. The summed E-state index contributed by atoms with van der Waals surface area (Å²) in [6.45, 7) is 8.61. The van der Waals surface area contributed by atoms with Crippen molar-refractivity contribution in [2.24, 2.45) is 0 Å². The average Bonchev–Trinajstić information content (AvgIpc) is 2.29. The molecule has 0 bridgehead atoms. The molecule has 2 heterocycles. The Morgan fingerprint density at radius 1 is 1.19 bits per heavy atom. The van der Waals surface area contributed by atoms with Gasteiger partial charge in [0.2, 0.25) is 0 Å². The van der Waals surface area contributed by atoms with Gasteiger partial charge in [-0.3, -0.25) is 9.88 Å². The molecule has 5 heteroatoms. The Hall–Kier alpha value is -1.36. The molecule has 1 aromatic heterocycles. The zero-order valence-corrected chi connectivity index (χ0v) is 9.93. The molecular weight excluding hydrogens is 202 g/mol. The van der Waals surface area contributed by atoms with E-state index in [4.69, 9.17) is 5.73 Å². The van der Waals surface area contributed by atoms with Gasteiger partial charge in [0.15, 0.2) is 0 Å². The lowest BCUT2D eigenvalue weighted by atomic mass is 10.2. The SMILES string of the molecule is CC(C)N1CCN(c2cncc(N)n2)CC1. The summed E-state index contributed by atoms with van der Waals surface area (Å²) in [5.74, 6) is 1.38. The Kier molecular flexibility index (Phi) is 3.24. The third-order valence-electron chi connectivity index (χ3n) is 3.01. The molecule has 2 N–H and O–H groups in total. The minimum absolute atomic E-state index is 0.490. The maximum absolute atomic E-state index is 5.63. The van der Waals surface area contributed by atoms with Crippen molar-refractivity contribution in [1.29, 1.82) is 0 Å². The molecule has 1 aliphatic rings. The molecule has 0 saturated carbocycles. The molecule has 1 aliphatic heterocycles.